The van der Waals surface area contributed by atoms with Crippen LogP contribution in [-0.2, 0) is 4.79 Å². The number of nitrogens with two attached hydrogens (primary N) is 1. The SMILES string of the molecule is NCC1(C(=O)O)CC12CSC2. The molecule has 1 heterocycles. The molecule has 0 aromatic heterocycles. The topological polar surface area (TPSA) is 63.3 Å². The van der Waals surface area contributed by atoms with Crippen LogP contribution in [0.3, 0.4) is 0 Å². The Kier molecular flexibility index (Phi) is 1.30. The molecule has 2 rings (SSSR count). The molecule has 0 amide bonds. The largest absolute Gasteiger partial charge is 0.481 e. The van der Waals surface area contributed by atoms with Crippen molar-refractivity contribution in [1.29, 1.82) is 0 Å². The number of carbonyl (C=O) groups is 1. The summed E-state index contributed by atoms with van der Waals surface area (Å²) in [5.41, 5.74) is 5.02. The van der Waals surface area contributed by atoms with Crippen LogP contribution in [0.2, 0.25) is 0 Å². The molecule has 0 aromatic rings. The van der Waals surface area contributed by atoms with Crippen molar-refractivity contribution in [3.05, 3.63) is 0 Å². The second-order valence-electron chi connectivity index (χ2n) is 3.54. The molecule has 4 heteroatoms. The second kappa shape index (κ2) is 1.93. The smallest absolute Gasteiger partial charge is 0.311 e. The Balaban J connectivity index is 2.17. The highest BCUT2D eigenvalue weighted by atomic mass is 32.2. The van der Waals surface area contributed by atoms with Crippen LogP contribution in [0.4, 0.5) is 0 Å². The van der Waals surface area contributed by atoms with E-state index in [9.17, 15) is 4.79 Å². The van der Waals surface area contributed by atoms with E-state index in [4.69, 9.17) is 10.8 Å². The molecule has 3 N–H and O–H groups in total. The molecule has 0 radical (unpaired) electrons. The monoisotopic (exact) mass is 173 g/mol. The molecule has 0 aromatic carbocycles. The lowest BCUT2D eigenvalue weighted by Crippen LogP contribution is -2.37. The highest BCUT2D eigenvalue weighted by molar-refractivity contribution is 8.00. The first kappa shape index (κ1) is 7.43. The van der Waals surface area contributed by atoms with Crippen LogP contribution in [-0.4, -0.2) is 29.1 Å². The third-order valence-electron chi connectivity index (χ3n) is 3.04. The van der Waals surface area contributed by atoms with E-state index in [0.717, 1.165) is 17.9 Å². The Morgan fingerprint density at radius 1 is 1.64 bits per heavy atom. The van der Waals surface area contributed by atoms with Crippen LogP contribution >= 0.6 is 11.8 Å². The number of hydrogen-bond donors (Lipinski definition) is 2. The molecule has 1 aliphatic heterocycles. The van der Waals surface area contributed by atoms with Crippen LogP contribution in [0, 0.1) is 10.8 Å². The Morgan fingerprint density at radius 3 is 2.36 bits per heavy atom. The van der Waals surface area contributed by atoms with Crippen LogP contribution in [0.15, 0.2) is 0 Å². The molecule has 1 spiro atoms. The van der Waals surface area contributed by atoms with Crippen molar-refractivity contribution in [1.82, 2.24) is 0 Å². The molecule has 1 saturated carbocycles. The summed E-state index contributed by atoms with van der Waals surface area (Å²) in [4.78, 5) is 10.8. The van der Waals surface area contributed by atoms with Gasteiger partial charge in [-0.25, -0.2) is 0 Å². The minimum Gasteiger partial charge on any atom is -0.481 e. The molecule has 1 aliphatic carbocycles. The first-order chi connectivity index (χ1) is 5.17. The molecule has 62 valence electrons. The standard InChI is InChI=1S/C7H11NO2S/c8-2-7(5(9)10)1-6(7)3-11-4-6/h1-4,8H2,(H,9,10). The van der Waals surface area contributed by atoms with Crippen LogP contribution < -0.4 is 5.73 Å². The first-order valence-corrected chi connectivity index (χ1v) is 4.84. The molecule has 2 aliphatic rings. The van der Waals surface area contributed by atoms with E-state index in [2.05, 4.69) is 0 Å². The zero-order valence-corrected chi connectivity index (χ0v) is 6.99. The average Bonchev–Trinajstić information content (AvgIpc) is 2.56. The molecule has 1 atom stereocenters. The van der Waals surface area contributed by atoms with Crippen molar-refractivity contribution in [2.75, 3.05) is 18.1 Å². The molecule has 2 fully saturated rings. The molecule has 11 heavy (non-hydrogen) atoms. The van der Waals surface area contributed by atoms with Crippen molar-refractivity contribution < 1.29 is 9.90 Å². The number of aliphatic carboxylic acids is 1. The third kappa shape index (κ3) is 0.667. The number of rotatable bonds is 2. The second-order valence-corrected chi connectivity index (χ2v) is 4.53. The van der Waals surface area contributed by atoms with E-state index >= 15 is 0 Å². The Bertz CT molecular complexity index is 214. The van der Waals surface area contributed by atoms with Gasteiger partial charge in [-0.3, -0.25) is 4.79 Å². The summed E-state index contributed by atoms with van der Waals surface area (Å²) >= 11 is 1.82. The van der Waals surface area contributed by atoms with Crippen molar-refractivity contribution in [2.24, 2.45) is 16.6 Å². The van der Waals surface area contributed by atoms with Crippen molar-refractivity contribution in [3.63, 3.8) is 0 Å². The van der Waals surface area contributed by atoms with Crippen LogP contribution in [0.5, 0.6) is 0 Å². The lowest BCUT2D eigenvalue weighted by Gasteiger charge is -2.29. The fourth-order valence-electron chi connectivity index (χ4n) is 1.94. The number of carboxylic acid groups (broad SMARTS) is 1. The minimum atomic E-state index is -0.694. The molecule has 0 bridgehead atoms. The summed E-state index contributed by atoms with van der Waals surface area (Å²) in [5.74, 6) is 1.30. The predicted molar refractivity (Wildman–Crippen MR) is 43.5 cm³/mol. The number of thioether (sulfide) groups is 1. The van der Waals surface area contributed by atoms with E-state index in [-0.39, 0.29) is 5.41 Å². The zero-order chi connectivity index (χ0) is 8.11. The van der Waals surface area contributed by atoms with Gasteiger partial charge in [-0.2, -0.15) is 11.8 Å². The average molecular weight is 173 g/mol. The zero-order valence-electron chi connectivity index (χ0n) is 6.17. The fourth-order valence-corrected chi connectivity index (χ4v) is 3.39. The Hall–Kier alpha value is -0.220. The minimum absolute atomic E-state index is 0.0955. The van der Waals surface area contributed by atoms with Crippen LogP contribution in [0.1, 0.15) is 6.42 Å². The van der Waals surface area contributed by atoms with Crippen LogP contribution in [0.25, 0.3) is 0 Å². The summed E-state index contributed by atoms with van der Waals surface area (Å²) in [6.07, 6.45) is 0.804. The summed E-state index contributed by atoms with van der Waals surface area (Å²) in [6, 6.07) is 0. The van der Waals surface area contributed by atoms with Gasteiger partial charge in [0.15, 0.2) is 0 Å². The van der Waals surface area contributed by atoms with E-state index in [0.29, 0.717) is 6.54 Å². The first-order valence-electron chi connectivity index (χ1n) is 3.68. The maximum Gasteiger partial charge on any atom is 0.311 e. The van der Waals surface area contributed by atoms with Gasteiger partial charge in [-0.15, -0.1) is 0 Å². The van der Waals surface area contributed by atoms with E-state index < -0.39 is 11.4 Å². The van der Waals surface area contributed by atoms with Gasteiger partial charge in [0.25, 0.3) is 0 Å². The quantitative estimate of drug-likeness (QED) is 0.624. The Labute approximate surface area is 69.3 Å². The van der Waals surface area contributed by atoms with E-state index in [1.54, 1.807) is 0 Å². The van der Waals surface area contributed by atoms with E-state index in [1.807, 2.05) is 11.8 Å². The summed E-state index contributed by atoms with van der Waals surface area (Å²) in [5, 5.41) is 8.92. The summed E-state index contributed by atoms with van der Waals surface area (Å²) in [7, 11) is 0. The van der Waals surface area contributed by atoms with Crippen molar-refractivity contribution in [3.8, 4) is 0 Å². The normalized spacial score (nSPS) is 38.3. The molecule has 1 unspecified atom stereocenters. The van der Waals surface area contributed by atoms with Gasteiger partial charge >= 0.3 is 5.97 Å². The van der Waals surface area contributed by atoms with Crippen molar-refractivity contribution in [2.45, 2.75) is 6.42 Å². The number of carboxylic acids is 1. The lowest BCUT2D eigenvalue weighted by atomic mass is 9.95. The molecular formula is C7H11NO2S. The third-order valence-corrected chi connectivity index (χ3v) is 4.56. The fraction of sp³-hybridized carbons (Fsp3) is 0.857. The van der Waals surface area contributed by atoms with Gasteiger partial charge in [-0.1, -0.05) is 0 Å². The van der Waals surface area contributed by atoms with E-state index in [1.165, 1.54) is 0 Å². The Morgan fingerprint density at radius 2 is 2.27 bits per heavy atom. The van der Waals surface area contributed by atoms with Gasteiger partial charge in [0, 0.05) is 23.5 Å². The highest BCUT2D eigenvalue weighted by Gasteiger charge is 2.73. The maximum atomic E-state index is 10.8. The van der Waals surface area contributed by atoms with Gasteiger partial charge in [0.05, 0.1) is 5.41 Å². The number of hydrogen-bond acceptors (Lipinski definition) is 3. The lowest BCUT2D eigenvalue weighted by molar-refractivity contribution is -0.144. The maximum absolute atomic E-state index is 10.8. The van der Waals surface area contributed by atoms with Gasteiger partial charge in [0.1, 0.15) is 0 Å². The highest BCUT2D eigenvalue weighted by Crippen LogP contribution is 2.70. The predicted octanol–water partition coefficient (Wildman–Crippen LogP) is 0.153. The summed E-state index contributed by atoms with van der Waals surface area (Å²) in [6.45, 7) is 0.308. The van der Waals surface area contributed by atoms with Gasteiger partial charge in [0.2, 0.25) is 0 Å². The summed E-state index contributed by atoms with van der Waals surface area (Å²) < 4.78 is 0. The molecular weight excluding hydrogens is 162 g/mol. The van der Waals surface area contributed by atoms with Gasteiger partial charge < -0.3 is 10.8 Å². The molecule has 3 nitrogen and oxygen atoms in total. The molecule has 1 saturated heterocycles. The van der Waals surface area contributed by atoms with Gasteiger partial charge in [-0.05, 0) is 6.42 Å². The van der Waals surface area contributed by atoms with Crippen molar-refractivity contribution >= 4 is 17.7 Å².